The Morgan fingerprint density at radius 1 is 1.15 bits per heavy atom. The van der Waals surface area contributed by atoms with Gasteiger partial charge < -0.3 is 14.7 Å². The van der Waals surface area contributed by atoms with Crippen molar-refractivity contribution in [1.82, 2.24) is 25.2 Å². The zero-order valence-electron chi connectivity index (χ0n) is 18.5. The van der Waals surface area contributed by atoms with Gasteiger partial charge in [-0.05, 0) is 37.8 Å². The molecule has 11 nitrogen and oxygen atoms in total. The van der Waals surface area contributed by atoms with Crippen molar-refractivity contribution in [3.63, 3.8) is 0 Å². The predicted molar refractivity (Wildman–Crippen MR) is 125 cm³/mol. The second-order valence-corrected chi connectivity index (χ2v) is 7.96. The number of rotatable bonds is 7. The van der Waals surface area contributed by atoms with Crippen LogP contribution < -0.4 is 4.74 Å². The summed E-state index contributed by atoms with van der Waals surface area (Å²) in [5.74, 6) is -0.449. The van der Waals surface area contributed by atoms with Crippen molar-refractivity contribution in [2.75, 3.05) is 27.2 Å². The van der Waals surface area contributed by atoms with Crippen LogP contribution in [0, 0.1) is 0 Å². The topological polar surface area (TPSA) is 142 Å². The van der Waals surface area contributed by atoms with Gasteiger partial charge in [0.2, 0.25) is 11.3 Å². The van der Waals surface area contributed by atoms with E-state index in [9.17, 15) is 9.90 Å². The van der Waals surface area contributed by atoms with Crippen LogP contribution in [0.2, 0.25) is 0 Å². The lowest BCUT2D eigenvalue weighted by atomic mass is 10.2. The monoisotopic (exact) mass is 459 g/mol. The molecule has 0 radical (unpaired) electrons. The van der Waals surface area contributed by atoms with Gasteiger partial charge in [-0.3, -0.25) is 9.42 Å². The molecular weight excluding hydrogens is 438 g/mol. The number of nitrogens with zero attached hydrogens (tertiary/aromatic N) is 6. The van der Waals surface area contributed by atoms with Crippen molar-refractivity contribution in [2.45, 2.75) is 6.42 Å². The average Bonchev–Trinajstić information content (AvgIpc) is 3.40. The third-order valence-corrected chi connectivity index (χ3v) is 5.27. The Labute approximate surface area is 193 Å². The first-order chi connectivity index (χ1) is 16.5. The normalized spacial score (nSPS) is 12.0. The fraction of sp³-hybridized carbons (Fsp3) is 0.217. The van der Waals surface area contributed by atoms with E-state index in [0.29, 0.717) is 40.4 Å². The van der Waals surface area contributed by atoms with Gasteiger partial charge in [0.05, 0.1) is 12.2 Å². The Balaban J connectivity index is 1.42. The number of aromatic amines is 1. The molecule has 3 aromatic carbocycles. The smallest absolute Gasteiger partial charge is 0.299 e. The van der Waals surface area contributed by atoms with Crippen molar-refractivity contribution in [1.29, 1.82) is 0 Å². The number of carbonyl (C=O) groups excluding carboxylic acids is 1. The molecule has 34 heavy (non-hydrogen) atoms. The fourth-order valence-corrected chi connectivity index (χ4v) is 3.65. The number of fused-ring (bicyclic) bond motifs is 4. The Bertz CT molecular complexity index is 1540. The maximum Gasteiger partial charge on any atom is 0.299 e. The van der Waals surface area contributed by atoms with E-state index in [2.05, 4.69) is 35.4 Å². The van der Waals surface area contributed by atoms with Gasteiger partial charge in [0.25, 0.3) is 5.91 Å². The first-order valence-corrected chi connectivity index (χ1v) is 10.6. The highest BCUT2D eigenvalue weighted by Gasteiger charge is 2.18. The average molecular weight is 459 g/mol. The third-order valence-electron chi connectivity index (χ3n) is 5.27. The minimum atomic E-state index is -0.694. The number of amides is 1. The second-order valence-electron chi connectivity index (χ2n) is 7.96. The number of aromatic nitrogens is 4. The van der Waals surface area contributed by atoms with Crippen molar-refractivity contribution >= 4 is 44.7 Å². The standard InChI is InChI=1S/C23H21N7O4/c1-30(2)10-5-11-33-13-8-9-16(17(31)12-13)23(32)27-26-19-15-7-4-3-6-14(15)18-20(19)25-22-21(24-18)28-34-29-22/h3-4,6-9,12,31H,5,10-11H2,1-2H3,(H,25,29). The predicted octanol–water partition coefficient (Wildman–Crippen LogP) is 4.21. The first-order valence-electron chi connectivity index (χ1n) is 10.6. The largest absolute Gasteiger partial charge is 0.507 e. The number of ether oxygens (including phenoxy) is 1. The van der Waals surface area contributed by atoms with E-state index < -0.39 is 5.91 Å². The van der Waals surface area contributed by atoms with Crippen molar-refractivity contribution in [3.05, 3.63) is 48.0 Å². The van der Waals surface area contributed by atoms with E-state index in [4.69, 9.17) is 9.37 Å². The minimum Gasteiger partial charge on any atom is -0.507 e. The van der Waals surface area contributed by atoms with E-state index in [-0.39, 0.29) is 11.3 Å². The van der Waals surface area contributed by atoms with Crippen LogP contribution in [0.4, 0.5) is 5.69 Å². The molecule has 0 spiro atoms. The third kappa shape index (κ3) is 4.04. The molecule has 0 fully saturated rings. The van der Waals surface area contributed by atoms with Crippen LogP contribution >= 0.6 is 0 Å². The minimum absolute atomic E-state index is 0.0189. The summed E-state index contributed by atoms with van der Waals surface area (Å²) < 4.78 is 10.5. The molecule has 5 rings (SSSR count). The molecule has 172 valence electrons. The van der Waals surface area contributed by atoms with Gasteiger partial charge in [-0.15, -0.1) is 10.2 Å². The summed E-state index contributed by atoms with van der Waals surface area (Å²) in [5.41, 5.74) is 2.12. The van der Waals surface area contributed by atoms with E-state index in [1.165, 1.54) is 12.1 Å². The number of phenolic OH excluding ortho intramolecular Hbond substituents is 1. The summed E-state index contributed by atoms with van der Waals surface area (Å²) in [6.45, 7) is 1.39. The van der Waals surface area contributed by atoms with E-state index in [1.807, 2.05) is 38.4 Å². The molecule has 0 saturated heterocycles. The fourth-order valence-electron chi connectivity index (χ4n) is 3.65. The molecule has 2 aromatic heterocycles. The molecule has 0 aliphatic carbocycles. The number of hydrogen-bond acceptors (Lipinski definition) is 9. The van der Waals surface area contributed by atoms with Crippen LogP contribution in [0.3, 0.4) is 0 Å². The Kier molecular flexibility index (Phi) is 5.60. The number of H-pyrrole nitrogens is 1. The van der Waals surface area contributed by atoms with Crippen LogP contribution in [-0.4, -0.2) is 63.4 Å². The molecule has 0 bridgehead atoms. The van der Waals surface area contributed by atoms with Gasteiger partial charge in [-0.2, -0.15) is 5.16 Å². The molecule has 5 aromatic rings. The Morgan fingerprint density at radius 3 is 2.76 bits per heavy atom. The highest BCUT2D eigenvalue weighted by molar-refractivity contribution is 6.18. The lowest BCUT2D eigenvalue weighted by Crippen LogP contribution is -2.15. The maximum atomic E-state index is 12.7. The molecule has 1 amide bonds. The van der Waals surface area contributed by atoms with Gasteiger partial charge in [0, 0.05) is 23.4 Å². The number of benzene rings is 2. The number of phenols is 1. The highest BCUT2D eigenvalue weighted by Crippen LogP contribution is 2.38. The molecule has 0 aliphatic rings. The number of hydrogen-bond donors (Lipinski definition) is 2. The van der Waals surface area contributed by atoms with E-state index in [0.717, 1.165) is 23.7 Å². The van der Waals surface area contributed by atoms with Crippen LogP contribution in [0.1, 0.15) is 16.8 Å². The molecule has 11 heteroatoms. The molecule has 0 atom stereocenters. The Hall–Kier alpha value is -4.38. The van der Waals surface area contributed by atoms with Crippen molar-refractivity contribution in [3.8, 4) is 11.5 Å². The van der Waals surface area contributed by atoms with Gasteiger partial charge >= 0.3 is 0 Å². The quantitative estimate of drug-likeness (QED) is 0.272. The van der Waals surface area contributed by atoms with E-state index in [1.54, 1.807) is 6.07 Å². The van der Waals surface area contributed by atoms with Gasteiger partial charge in [-0.25, -0.2) is 9.97 Å². The second kappa shape index (κ2) is 8.87. The Morgan fingerprint density at radius 2 is 1.97 bits per heavy atom. The van der Waals surface area contributed by atoms with Crippen LogP contribution in [-0.2, 0) is 0 Å². The summed E-state index contributed by atoms with van der Waals surface area (Å²) in [5, 5.41) is 26.3. The van der Waals surface area contributed by atoms with Gasteiger partial charge in [0.1, 0.15) is 28.2 Å². The summed E-state index contributed by atoms with van der Waals surface area (Å²) >= 11 is 0. The number of azo groups is 1. The molecule has 2 N–H and O–H groups in total. The maximum absolute atomic E-state index is 12.7. The van der Waals surface area contributed by atoms with Crippen molar-refractivity contribution < 1.29 is 19.3 Å². The number of aromatic hydroxyl groups is 1. The molecule has 0 saturated carbocycles. The first kappa shape index (κ1) is 21.5. The molecule has 2 heterocycles. The summed E-state index contributed by atoms with van der Waals surface area (Å²) in [6, 6.07) is 11.9. The van der Waals surface area contributed by atoms with Crippen LogP contribution in [0.5, 0.6) is 11.5 Å². The molecular formula is C23H21N7O4. The number of nitrogens with one attached hydrogen (secondary N) is 1. The van der Waals surface area contributed by atoms with Gasteiger partial charge in [0.15, 0.2) is 0 Å². The lowest BCUT2D eigenvalue weighted by Gasteiger charge is -2.11. The summed E-state index contributed by atoms with van der Waals surface area (Å²) in [7, 11) is 3.98. The molecule has 0 unspecified atom stereocenters. The lowest BCUT2D eigenvalue weighted by molar-refractivity contribution is 0.0992. The summed E-state index contributed by atoms with van der Waals surface area (Å²) in [4.78, 5) is 23.8. The number of carbonyl (C=O) groups is 1. The van der Waals surface area contributed by atoms with E-state index >= 15 is 0 Å². The highest BCUT2D eigenvalue weighted by atomic mass is 16.6. The van der Waals surface area contributed by atoms with Crippen molar-refractivity contribution in [2.24, 2.45) is 10.2 Å². The van der Waals surface area contributed by atoms with Crippen LogP contribution in [0.25, 0.3) is 33.1 Å². The zero-order valence-corrected chi connectivity index (χ0v) is 18.5. The SMILES string of the molecule is CN(C)CCCOc1ccc(C(=O)N=Nc2c3ccccc3c3nc4no[nH]c4nc23)c(O)c1. The summed E-state index contributed by atoms with van der Waals surface area (Å²) in [6.07, 6.45) is 0.839. The zero-order chi connectivity index (χ0) is 23.7. The van der Waals surface area contributed by atoms with Gasteiger partial charge in [-0.1, -0.05) is 24.3 Å². The van der Waals surface area contributed by atoms with Crippen LogP contribution in [0.15, 0.2) is 57.3 Å². The molecule has 0 aliphatic heterocycles.